The molecule has 3 rings (SSSR count). The molecule has 1 aromatic rings. The lowest BCUT2D eigenvalue weighted by Crippen LogP contribution is -2.31. The quantitative estimate of drug-likeness (QED) is 0.567. The predicted octanol–water partition coefficient (Wildman–Crippen LogP) is -0.739. The highest BCUT2D eigenvalue weighted by Crippen LogP contribution is 2.26. The molecule has 10 nitrogen and oxygen atoms in total. The molecule has 1 aliphatic heterocycles. The highest BCUT2D eigenvalue weighted by atomic mass is 16.5. The van der Waals surface area contributed by atoms with Gasteiger partial charge in [0.25, 0.3) is 11.3 Å². The fourth-order valence-corrected chi connectivity index (χ4v) is 3.04. The van der Waals surface area contributed by atoms with Crippen LogP contribution < -0.4 is 16.6 Å². The molecule has 0 unspecified atom stereocenters. The van der Waals surface area contributed by atoms with E-state index in [1.165, 1.54) is 20.3 Å². The van der Waals surface area contributed by atoms with Gasteiger partial charge < -0.3 is 25.6 Å². The standard InChI is InChI=1S/C16H21N5O5/c1-25-10-8-9(11(18-4-7-22)14(26-2)13(10)23)19-12-15(17)20-5-3-6-21(20)16(12)24/h8,18,22H,3-7,17H2,1-2H3. The van der Waals surface area contributed by atoms with Crippen LogP contribution in [0.3, 0.4) is 0 Å². The lowest BCUT2D eigenvalue weighted by molar-refractivity contribution is -0.118. The monoisotopic (exact) mass is 363 g/mol. The molecule has 10 heteroatoms. The summed E-state index contributed by atoms with van der Waals surface area (Å²) in [5.41, 5.74) is 6.42. The smallest absolute Gasteiger partial charge is 0.294 e. The average Bonchev–Trinajstić information content (AvgIpc) is 3.20. The van der Waals surface area contributed by atoms with Crippen molar-refractivity contribution in [1.29, 1.82) is 0 Å². The summed E-state index contributed by atoms with van der Waals surface area (Å²) in [6.45, 7) is 1.25. The van der Waals surface area contributed by atoms with Crippen LogP contribution in [-0.2, 0) is 27.4 Å². The number of nitrogens with two attached hydrogens (primary N) is 1. The van der Waals surface area contributed by atoms with E-state index in [9.17, 15) is 9.59 Å². The van der Waals surface area contributed by atoms with Gasteiger partial charge in [0.1, 0.15) is 5.70 Å². The van der Waals surface area contributed by atoms with Crippen LogP contribution >= 0.6 is 0 Å². The summed E-state index contributed by atoms with van der Waals surface area (Å²) in [6, 6.07) is 0. The van der Waals surface area contributed by atoms with Crippen molar-refractivity contribution in [1.82, 2.24) is 14.7 Å². The number of ketones is 1. The molecule has 1 aromatic heterocycles. The minimum absolute atomic E-state index is 0.0121. The Morgan fingerprint density at radius 1 is 1.27 bits per heavy atom. The maximum absolute atomic E-state index is 12.6. The molecule has 0 amide bonds. The second-order valence-corrected chi connectivity index (χ2v) is 5.74. The number of fused-ring (bicyclic) bond motifs is 1. The molecule has 0 radical (unpaired) electrons. The molecule has 2 aliphatic rings. The van der Waals surface area contributed by atoms with Gasteiger partial charge in [0, 0.05) is 25.7 Å². The molecule has 0 saturated carbocycles. The van der Waals surface area contributed by atoms with Crippen LogP contribution in [0.15, 0.2) is 33.1 Å². The van der Waals surface area contributed by atoms with Crippen LogP contribution in [-0.4, -0.2) is 53.3 Å². The van der Waals surface area contributed by atoms with Gasteiger partial charge in [-0.25, -0.2) is 9.67 Å². The predicted molar refractivity (Wildman–Crippen MR) is 94.0 cm³/mol. The Labute approximate surface area is 149 Å². The number of rotatable bonds is 6. The number of anilines is 1. The minimum atomic E-state index is -0.460. The molecular formula is C16H21N5O5. The van der Waals surface area contributed by atoms with E-state index in [-0.39, 0.29) is 53.1 Å². The van der Waals surface area contributed by atoms with Gasteiger partial charge in [-0.05, 0) is 6.42 Å². The first kappa shape index (κ1) is 17.8. The Morgan fingerprint density at radius 2 is 2.00 bits per heavy atom. The number of hydrogen-bond donors (Lipinski definition) is 3. The summed E-state index contributed by atoms with van der Waals surface area (Å²) in [5.74, 6) is -0.175. The van der Waals surface area contributed by atoms with E-state index in [1.807, 2.05) is 0 Å². The number of aliphatic hydroxyl groups is 1. The first-order valence-corrected chi connectivity index (χ1v) is 8.15. The molecule has 2 heterocycles. The number of nitrogens with zero attached hydrogens (tertiary/aromatic N) is 3. The van der Waals surface area contributed by atoms with E-state index in [0.29, 0.717) is 13.1 Å². The lowest BCUT2D eigenvalue weighted by atomic mass is 10.0. The van der Waals surface area contributed by atoms with Gasteiger partial charge in [0.05, 0.1) is 26.5 Å². The lowest BCUT2D eigenvalue weighted by Gasteiger charge is -2.20. The first-order valence-electron chi connectivity index (χ1n) is 8.15. The van der Waals surface area contributed by atoms with Crippen molar-refractivity contribution in [3.8, 4) is 0 Å². The van der Waals surface area contributed by atoms with Crippen LogP contribution in [0, 0.1) is 0 Å². The van der Waals surface area contributed by atoms with Crippen LogP contribution in [0.25, 0.3) is 0 Å². The van der Waals surface area contributed by atoms with Crippen LogP contribution in [0.2, 0.25) is 0 Å². The first-order chi connectivity index (χ1) is 12.5. The Morgan fingerprint density at radius 3 is 2.62 bits per heavy atom. The van der Waals surface area contributed by atoms with Gasteiger partial charge >= 0.3 is 0 Å². The number of aromatic nitrogens is 2. The van der Waals surface area contributed by atoms with Crippen molar-refractivity contribution >= 4 is 23.0 Å². The zero-order valence-electron chi connectivity index (χ0n) is 14.6. The molecular weight excluding hydrogens is 342 g/mol. The van der Waals surface area contributed by atoms with Crippen molar-refractivity contribution in [2.24, 2.45) is 4.99 Å². The number of carbonyl (C=O) groups is 1. The van der Waals surface area contributed by atoms with E-state index in [1.54, 1.807) is 9.36 Å². The van der Waals surface area contributed by atoms with E-state index in [2.05, 4.69) is 10.3 Å². The summed E-state index contributed by atoms with van der Waals surface area (Å²) >= 11 is 0. The zero-order valence-corrected chi connectivity index (χ0v) is 14.6. The van der Waals surface area contributed by atoms with Crippen molar-refractivity contribution in [2.45, 2.75) is 19.5 Å². The topological polar surface area (TPSA) is 133 Å². The van der Waals surface area contributed by atoms with Gasteiger partial charge in [-0.15, -0.1) is 0 Å². The maximum atomic E-state index is 12.6. The number of allylic oxidation sites excluding steroid dienone is 1. The van der Waals surface area contributed by atoms with Gasteiger partial charge in [-0.2, -0.15) is 0 Å². The SMILES string of the molecule is COC1=CC(=Nc2c(N)n3n(c2=O)CCC3)C(NCCO)=C(OC)C1=O. The molecule has 1 aliphatic carbocycles. The van der Waals surface area contributed by atoms with Crippen molar-refractivity contribution in [2.75, 3.05) is 33.1 Å². The van der Waals surface area contributed by atoms with Crippen molar-refractivity contribution < 1.29 is 19.4 Å². The van der Waals surface area contributed by atoms with E-state index in [4.69, 9.17) is 20.3 Å². The van der Waals surface area contributed by atoms with E-state index < -0.39 is 5.78 Å². The van der Waals surface area contributed by atoms with Crippen molar-refractivity contribution in [3.63, 3.8) is 0 Å². The third kappa shape index (κ3) is 2.77. The maximum Gasteiger partial charge on any atom is 0.294 e. The highest BCUT2D eigenvalue weighted by molar-refractivity contribution is 6.23. The molecule has 0 bridgehead atoms. The summed E-state index contributed by atoms with van der Waals surface area (Å²) < 4.78 is 13.5. The molecule has 4 N–H and O–H groups in total. The third-order valence-corrected chi connectivity index (χ3v) is 4.24. The number of aliphatic hydroxyl groups excluding tert-OH is 1. The Hall–Kier alpha value is -3.01. The minimum Gasteiger partial charge on any atom is -0.492 e. The number of hydrogen-bond acceptors (Lipinski definition) is 8. The van der Waals surface area contributed by atoms with Crippen LogP contribution in [0.1, 0.15) is 6.42 Å². The van der Waals surface area contributed by atoms with Crippen molar-refractivity contribution in [3.05, 3.63) is 33.6 Å². The van der Waals surface area contributed by atoms with E-state index in [0.717, 1.165) is 6.42 Å². The number of methoxy groups -OCH3 is 2. The number of carbonyl (C=O) groups excluding carboxylic acids is 1. The van der Waals surface area contributed by atoms with Crippen LogP contribution in [0.4, 0.5) is 11.5 Å². The van der Waals surface area contributed by atoms with Gasteiger partial charge in [0.2, 0.25) is 0 Å². The molecule has 26 heavy (non-hydrogen) atoms. The summed E-state index contributed by atoms with van der Waals surface area (Å²) in [6.07, 6.45) is 2.26. The van der Waals surface area contributed by atoms with E-state index >= 15 is 0 Å². The molecule has 0 atom stereocenters. The van der Waals surface area contributed by atoms with Crippen LogP contribution in [0.5, 0.6) is 0 Å². The second kappa shape index (κ2) is 7.08. The van der Waals surface area contributed by atoms with Gasteiger partial charge in [0.15, 0.2) is 23.0 Å². The molecule has 140 valence electrons. The van der Waals surface area contributed by atoms with Gasteiger partial charge in [-0.1, -0.05) is 0 Å². The summed E-state index contributed by atoms with van der Waals surface area (Å²) in [4.78, 5) is 29.3. The summed E-state index contributed by atoms with van der Waals surface area (Å²) in [5, 5.41) is 12.0. The molecule has 0 aromatic carbocycles. The molecule has 0 saturated heterocycles. The number of aliphatic imine (C=N–C) groups is 1. The number of Topliss-reactive ketones (excluding diaryl/α,β-unsaturated/α-hetero) is 1. The summed E-state index contributed by atoms with van der Waals surface area (Å²) in [7, 11) is 2.71. The third-order valence-electron chi connectivity index (χ3n) is 4.24. The number of nitrogen functional groups attached to an aromatic ring is 1. The Balaban J connectivity index is 2.15. The second-order valence-electron chi connectivity index (χ2n) is 5.74. The average molecular weight is 363 g/mol. The largest absolute Gasteiger partial charge is 0.492 e. The zero-order chi connectivity index (χ0) is 18.8. The number of ether oxygens (including phenoxy) is 2. The number of nitrogens with one attached hydrogen (secondary N) is 1. The van der Waals surface area contributed by atoms with Gasteiger partial charge in [-0.3, -0.25) is 14.3 Å². The molecule has 0 spiro atoms. The highest BCUT2D eigenvalue weighted by Gasteiger charge is 2.30. The Bertz CT molecular complexity index is 890. The molecule has 0 fully saturated rings. The fourth-order valence-electron chi connectivity index (χ4n) is 3.04. The fraction of sp³-hybridized carbons (Fsp3) is 0.438. The normalized spacial score (nSPS) is 18.2. The Kier molecular flexibility index (Phi) is 4.85.